The number of methoxy groups -OCH3 is 1. The van der Waals surface area contributed by atoms with Crippen LogP contribution in [0.3, 0.4) is 0 Å². The summed E-state index contributed by atoms with van der Waals surface area (Å²) in [6, 6.07) is 2.58. The lowest BCUT2D eigenvalue weighted by molar-refractivity contribution is -0.170. The van der Waals surface area contributed by atoms with E-state index in [2.05, 4.69) is 25.5 Å². The largest absolute Gasteiger partial charge is 0.509 e. The van der Waals surface area contributed by atoms with Gasteiger partial charge in [0.15, 0.2) is 23.7 Å². The number of esters is 1. The van der Waals surface area contributed by atoms with Crippen molar-refractivity contribution in [2.75, 3.05) is 27.2 Å². The maximum atomic E-state index is 13.9. The van der Waals surface area contributed by atoms with Crippen molar-refractivity contribution < 1.29 is 48.0 Å². The van der Waals surface area contributed by atoms with Crippen LogP contribution < -0.4 is 20.1 Å². The Morgan fingerprint density at radius 1 is 1.24 bits per heavy atom. The Labute approximate surface area is 290 Å². The molecule has 4 N–H and O–H groups in total. The molecule has 1 spiro atoms. The van der Waals surface area contributed by atoms with Crippen molar-refractivity contribution in [1.82, 2.24) is 25.5 Å². The molecule has 2 bridgehead atoms. The highest BCUT2D eigenvalue weighted by atomic mass is 16.7. The number of nitrogens with one attached hydrogen (secondary N) is 3. The molecule has 1 aromatic heterocycles. The van der Waals surface area contributed by atoms with Gasteiger partial charge in [0.25, 0.3) is 5.91 Å². The molecule has 6 rings (SSSR count). The van der Waals surface area contributed by atoms with E-state index in [4.69, 9.17) is 23.7 Å². The molecule has 0 radical (unpaired) electrons. The van der Waals surface area contributed by atoms with Gasteiger partial charge in [-0.25, -0.2) is 14.6 Å². The normalized spacial score (nSPS) is 25.9. The number of rotatable bonds is 11. The fourth-order valence-electron chi connectivity index (χ4n) is 7.76. The number of likely N-dealkylation sites (N-methyl/N-ethyl adjacent to an activating group) is 1. The minimum Gasteiger partial charge on any atom is -0.493 e. The Balaban J connectivity index is 1.15. The monoisotopic (exact) mass is 695 g/mol. The predicted octanol–water partition coefficient (Wildman–Crippen LogP) is 1.81. The summed E-state index contributed by atoms with van der Waals surface area (Å²) in [7, 11) is 3.58. The number of carbonyl (C=O) groups excluding carboxylic acids is 4. The van der Waals surface area contributed by atoms with Crippen LogP contribution in [0.4, 0.5) is 4.79 Å². The van der Waals surface area contributed by atoms with Gasteiger partial charge in [-0.3, -0.25) is 9.59 Å². The van der Waals surface area contributed by atoms with Crippen LogP contribution in [0, 0.1) is 0 Å². The third-order valence-electron chi connectivity index (χ3n) is 10.0. The van der Waals surface area contributed by atoms with Crippen molar-refractivity contribution in [3.8, 4) is 11.5 Å². The lowest BCUT2D eigenvalue weighted by Gasteiger charge is -2.61. The molecule has 6 atom stereocenters. The Bertz CT molecular complexity index is 1690. The summed E-state index contributed by atoms with van der Waals surface area (Å²) in [5.41, 5.74) is -0.330. The number of aromatic amines is 1. The topological polar surface area (TPSA) is 191 Å². The molecule has 270 valence electrons. The number of aromatic nitrogens is 2. The molecule has 0 saturated carbocycles. The SMILES string of the molecule is COc1ccc2c3c1O[C@H]1C(OC(=O)C(Cc4c[nH]cn4)NC(=O)CCNC(=O)C(C)OC(=O)OC(C)(C)C)=CC[C@@]4(O)[C@@H](C2)N(C)CC[C@]314. The third-order valence-corrected chi connectivity index (χ3v) is 10.0. The van der Waals surface area contributed by atoms with E-state index in [1.165, 1.54) is 13.3 Å². The maximum absolute atomic E-state index is 13.9. The number of H-pyrrole nitrogens is 1. The average molecular weight is 696 g/mol. The van der Waals surface area contributed by atoms with Gasteiger partial charge < -0.3 is 49.3 Å². The van der Waals surface area contributed by atoms with Crippen LogP contribution >= 0.6 is 0 Å². The van der Waals surface area contributed by atoms with E-state index < -0.39 is 58.8 Å². The summed E-state index contributed by atoms with van der Waals surface area (Å²) in [4.78, 5) is 60.6. The number of imidazole rings is 1. The number of hydrogen-bond donors (Lipinski definition) is 4. The summed E-state index contributed by atoms with van der Waals surface area (Å²) in [6.07, 6.45) is 3.18. The van der Waals surface area contributed by atoms with Gasteiger partial charge in [0.1, 0.15) is 17.4 Å². The number of amides is 2. The predicted molar refractivity (Wildman–Crippen MR) is 176 cm³/mol. The first-order valence-electron chi connectivity index (χ1n) is 16.8. The molecular weight excluding hydrogens is 650 g/mol. The summed E-state index contributed by atoms with van der Waals surface area (Å²) in [5.74, 6) is -0.519. The zero-order valence-electron chi connectivity index (χ0n) is 29.2. The zero-order valence-corrected chi connectivity index (χ0v) is 29.2. The number of benzene rings is 1. The lowest BCUT2D eigenvalue weighted by atomic mass is 9.50. The van der Waals surface area contributed by atoms with Gasteiger partial charge in [0.2, 0.25) is 5.91 Å². The first-order valence-corrected chi connectivity index (χ1v) is 16.8. The molecule has 3 heterocycles. The van der Waals surface area contributed by atoms with E-state index in [1.54, 1.807) is 40.2 Å². The molecule has 1 saturated heterocycles. The molecule has 2 amide bonds. The Hall–Kier alpha value is -4.63. The summed E-state index contributed by atoms with van der Waals surface area (Å²) in [5, 5.41) is 17.7. The van der Waals surface area contributed by atoms with Crippen molar-refractivity contribution in [3.05, 3.63) is 53.3 Å². The lowest BCUT2D eigenvalue weighted by Crippen LogP contribution is -2.74. The van der Waals surface area contributed by atoms with Crippen molar-refractivity contribution >= 4 is 23.9 Å². The van der Waals surface area contributed by atoms with Crippen LogP contribution in [-0.4, -0.2) is 107 Å². The molecular formula is C35H45N5O10. The summed E-state index contributed by atoms with van der Waals surface area (Å²) >= 11 is 0. The molecule has 2 aliphatic heterocycles. The number of nitrogens with zero attached hydrogens (tertiary/aromatic N) is 2. The van der Waals surface area contributed by atoms with Gasteiger partial charge in [0.05, 0.1) is 30.1 Å². The highest BCUT2D eigenvalue weighted by molar-refractivity contribution is 5.86. The maximum Gasteiger partial charge on any atom is 0.509 e. The number of ether oxygens (including phenoxy) is 5. The fourth-order valence-corrected chi connectivity index (χ4v) is 7.76. The van der Waals surface area contributed by atoms with Crippen LogP contribution in [-0.2, 0) is 46.9 Å². The van der Waals surface area contributed by atoms with Gasteiger partial charge in [-0.05, 0) is 71.8 Å². The minimum absolute atomic E-state index is 0.0279. The van der Waals surface area contributed by atoms with E-state index >= 15 is 0 Å². The molecule has 15 heteroatoms. The van der Waals surface area contributed by atoms with Crippen LogP contribution in [0.25, 0.3) is 0 Å². The molecule has 50 heavy (non-hydrogen) atoms. The van der Waals surface area contributed by atoms with Crippen molar-refractivity contribution in [3.63, 3.8) is 0 Å². The number of carbonyl (C=O) groups is 4. The molecule has 15 nitrogen and oxygen atoms in total. The van der Waals surface area contributed by atoms with Gasteiger partial charge in [-0.15, -0.1) is 0 Å². The second-order valence-electron chi connectivity index (χ2n) is 14.4. The van der Waals surface area contributed by atoms with Crippen LogP contribution in [0.1, 0.15) is 63.8 Å². The standard InChI is InChI=1S/C35H45N5O10/c1-19(47-32(44)50-33(2,3)4)30(42)37-13-10-26(41)39-22(16-21-17-36-18-38-21)31(43)48-24-9-11-35(45)25-15-20-7-8-23(46-6)28-27(20)34(35,29(24)49-28)12-14-40(25)5/h7-9,17-19,22,25,29,45H,10-16H2,1-6H3,(H,36,38)(H,37,42)(H,39,41)/t19?,22?,25-,29+,34+,35-/m1/s1. The first kappa shape index (κ1) is 35.2. The first-order chi connectivity index (χ1) is 23.7. The van der Waals surface area contributed by atoms with E-state index in [0.717, 1.165) is 11.1 Å². The van der Waals surface area contributed by atoms with Crippen LogP contribution in [0.15, 0.2) is 36.5 Å². The zero-order chi connectivity index (χ0) is 36.0. The summed E-state index contributed by atoms with van der Waals surface area (Å²) < 4.78 is 28.4. The second kappa shape index (κ2) is 13.2. The Kier molecular flexibility index (Phi) is 9.33. The average Bonchev–Trinajstić information content (AvgIpc) is 3.68. The van der Waals surface area contributed by atoms with Crippen molar-refractivity contribution in [2.24, 2.45) is 0 Å². The number of hydrogen-bond acceptors (Lipinski definition) is 12. The van der Waals surface area contributed by atoms with Gasteiger partial charge >= 0.3 is 12.1 Å². The van der Waals surface area contributed by atoms with Crippen LogP contribution in [0.2, 0.25) is 0 Å². The van der Waals surface area contributed by atoms with Gasteiger partial charge in [0, 0.05) is 43.6 Å². The minimum atomic E-state index is -1.17. The molecule has 1 fully saturated rings. The van der Waals surface area contributed by atoms with E-state index in [9.17, 15) is 24.3 Å². The molecule has 4 aliphatic rings. The molecule has 1 aromatic carbocycles. The van der Waals surface area contributed by atoms with E-state index in [1.807, 2.05) is 19.2 Å². The molecule has 2 unspecified atom stereocenters. The highest BCUT2D eigenvalue weighted by Gasteiger charge is 2.72. The van der Waals surface area contributed by atoms with Gasteiger partial charge in [-0.1, -0.05) is 6.07 Å². The van der Waals surface area contributed by atoms with E-state index in [-0.39, 0.29) is 37.6 Å². The number of likely N-dealkylation sites (tertiary alicyclic amines) is 1. The Morgan fingerprint density at radius 3 is 2.72 bits per heavy atom. The highest BCUT2D eigenvalue weighted by Crippen LogP contribution is 2.65. The Morgan fingerprint density at radius 2 is 2.02 bits per heavy atom. The van der Waals surface area contributed by atoms with E-state index in [0.29, 0.717) is 36.6 Å². The summed E-state index contributed by atoms with van der Waals surface area (Å²) in [6.45, 7) is 7.03. The molecule has 2 aromatic rings. The molecule has 2 aliphatic carbocycles. The van der Waals surface area contributed by atoms with Gasteiger partial charge in [-0.2, -0.15) is 0 Å². The fraction of sp³-hybridized carbons (Fsp3) is 0.571. The van der Waals surface area contributed by atoms with Crippen LogP contribution in [0.5, 0.6) is 11.5 Å². The smallest absolute Gasteiger partial charge is 0.493 e. The quantitative estimate of drug-likeness (QED) is 0.250. The van der Waals surface area contributed by atoms with Crippen molar-refractivity contribution in [1.29, 1.82) is 0 Å². The number of piperidine rings is 1. The van der Waals surface area contributed by atoms with Crippen molar-refractivity contribution in [2.45, 2.75) is 101 Å². The number of aliphatic hydroxyl groups is 1. The second-order valence-corrected chi connectivity index (χ2v) is 14.4. The third kappa shape index (κ3) is 6.28.